The summed E-state index contributed by atoms with van der Waals surface area (Å²) in [6.45, 7) is 6.64. The van der Waals surface area contributed by atoms with Crippen molar-refractivity contribution in [2.75, 3.05) is 20.3 Å². The van der Waals surface area contributed by atoms with Gasteiger partial charge in [0.1, 0.15) is 29.1 Å². The quantitative estimate of drug-likeness (QED) is 0.288. The largest absolute Gasteiger partial charge is 0.496 e. The molecule has 0 spiro atoms. The van der Waals surface area contributed by atoms with E-state index >= 15 is 0 Å². The number of unbranched alkanes of at least 4 members (excludes halogenated alkanes) is 3. The summed E-state index contributed by atoms with van der Waals surface area (Å²) in [4.78, 5) is 30.8. The first kappa shape index (κ1) is 31.1. The summed E-state index contributed by atoms with van der Waals surface area (Å²) in [6.07, 6.45) is 10.2. The summed E-state index contributed by atoms with van der Waals surface area (Å²) in [5.74, 6) is 1.04. The first-order valence-electron chi connectivity index (χ1n) is 16.3. The van der Waals surface area contributed by atoms with Gasteiger partial charge in [0.25, 0.3) is 0 Å². The normalized spacial score (nSPS) is 22.9. The molecular weight excluding hydrogens is 570 g/mol. The number of nitrogens with zero attached hydrogens (tertiary/aromatic N) is 1. The molecule has 1 saturated carbocycles. The maximum Gasteiger partial charge on any atom is 0.374 e. The van der Waals surface area contributed by atoms with Gasteiger partial charge in [0.15, 0.2) is 0 Å². The van der Waals surface area contributed by atoms with Gasteiger partial charge in [-0.05, 0) is 67.7 Å². The first-order chi connectivity index (χ1) is 21.7. The number of rotatable bonds is 10. The lowest BCUT2D eigenvalue weighted by Crippen LogP contribution is -2.42. The lowest BCUT2D eigenvalue weighted by atomic mass is 9.77. The molecule has 2 aromatic rings. The molecule has 0 saturated heterocycles. The number of esters is 1. The Balaban J connectivity index is 1.40. The van der Waals surface area contributed by atoms with Gasteiger partial charge in [-0.1, -0.05) is 50.3 Å². The molecule has 0 amide bonds. The number of ether oxygens (including phenoxy) is 4. The standard InChI is InChI=1S/C37H43NO7/c1-5-7-8-9-15-37(3,41)33-20-27-30(45-33)21-31-34(35(27)42-4)26(19-32(44-31)36(40)43-6-2)23-11-13-29(39)25(18-23)22-10-12-28-24(17-22)14-16-38-28/h10,12,14,17,19,21,25,33,41H,5-9,11,13,15-16,18,20H2,1-4H3/b26-23+/t25-,33-,37-/m0/s1. The van der Waals surface area contributed by atoms with Gasteiger partial charge in [-0.3, -0.25) is 9.79 Å². The molecule has 0 aromatic heterocycles. The summed E-state index contributed by atoms with van der Waals surface area (Å²) in [5.41, 5.74) is 3.42. The van der Waals surface area contributed by atoms with Crippen molar-refractivity contribution in [1.82, 2.24) is 0 Å². The fourth-order valence-electron chi connectivity index (χ4n) is 7.04. The van der Waals surface area contributed by atoms with Gasteiger partial charge in [0.05, 0.1) is 36.8 Å². The van der Waals surface area contributed by atoms with E-state index in [1.54, 1.807) is 26.2 Å². The van der Waals surface area contributed by atoms with E-state index in [4.69, 9.17) is 18.9 Å². The summed E-state index contributed by atoms with van der Waals surface area (Å²) in [7, 11) is 1.62. The first-order valence-corrected chi connectivity index (χ1v) is 16.3. The minimum absolute atomic E-state index is 0.0773. The number of carbonyl (C=O) groups excluding carboxylic acids is 2. The van der Waals surface area contributed by atoms with E-state index in [0.29, 0.717) is 55.9 Å². The van der Waals surface area contributed by atoms with Crippen LogP contribution in [0.2, 0.25) is 0 Å². The zero-order valence-corrected chi connectivity index (χ0v) is 26.7. The molecule has 3 atom stereocenters. The molecule has 3 aliphatic heterocycles. The second-order valence-electron chi connectivity index (χ2n) is 12.7. The zero-order chi connectivity index (χ0) is 31.7. The molecule has 1 aliphatic carbocycles. The number of ketones is 1. The third kappa shape index (κ3) is 6.05. The van der Waals surface area contributed by atoms with Crippen LogP contribution in [0.25, 0.3) is 11.6 Å². The third-order valence-corrected chi connectivity index (χ3v) is 9.56. The van der Waals surface area contributed by atoms with Crippen LogP contribution in [0.3, 0.4) is 0 Å². The highest BCUT2D eigenvalue weighted by Gasteiger charge is 2.42. The second kappa shape index (κ2) is 12.8. The van der Waals surface area contributed by atoms with Gasteiger partial charge in [-0.2, -0.15) is 0 Å². The van der Waals surface area contributed by atoms with E-state index in [9.17, 15) is 14.7 Å². The van der Waals surface area contributed by atoms with Crippen molar-refractivity contribution < 1.29 is 33.6 Å². The Morgan fingerprint density at radius 1 is 1.11 bits per heavy atom. The number of aliphatic hydroxyl groups is 1. The van der Waals surface area contributed by atoms with Crippen molar-refractivity contribution in [1.29, 1.82) is 0 Å². The molecular formula is C37H43NO7. The van der Waals surface area contributed by atoms with E-state index in [1.807, 2.05) is 19.1 Å². The Morgan fingerprint density at radius 2 is 1.96 bits per heavy atom. The van der Waals surface area contributed by atoms with Crippen LogP contribution in [0, 0.1) is 0 Å². The number of benzene rings is 2. The number of hydrogen-bond acceptors (Lipinski definition) is 8. The summed E-state index contributed by atoms with van der Waals surface area (Å²) in [6, 6.07) is 7.89. The van der Waals surface area contributed by atoms with Gasteiger partial charge in [0.2, 0.25) is 5.76 Å². The van der Waals surface area contributed by atoms with Crippen LogP contribution in [0.15, 0.2) is 46.7 Å². The smallest absolute Gasteiger partial charge is 0.374 e. The predicted octanol–water partition coefficient (Wildman–Crippen LogP) is 5.26. The van der Waals surface area contributed by atoms with Crippen molar-refractivity contribution >= 4 is 23.4 Å². The molecule has 1 N–H and O–H groups in total. The van der Waals surface area contributed by atoms with Crippen LogP contribution >= 0.6 is 0 Å². The van der Waals surface area contributed by atoms with Crippen molar-refractivity contribution in [2.24, 2.45) is 4.99 Å². The molecule has 0 unspecified atom stereocenters. The fraction of sp³-hybridized carbons (Fsp3) is 0.486. The number of hydrogen-bond donors (Lipinski definition) is 1. The minimum Gasteiger partial charge on any atom is -0.496 e. The third-order valence-electron chi connectivity index (χ3n) is 9.56. The SMILES string of the molecule is CCCCCC[C@](C)(O)[C@@H]1Cc2c(cc3c(c2OC)/C(=C2\CCC(=O)[C@H](c4ccc5c(c4)=CCN=5)C2)C=C(C(=O)OCC)O3)O1. The lowest BCUT2D eigenvalue weighted by molar-refractivity contribution is -0.141. The van der Waals surface area contributed by atoms with Crippen LogP contribution in [-0.4, -0.2) is 48.8 Å². The van der Waals surface area contributed by atoms with E-state index in [2.05, 4.69) is 24.1 Å². The van der Waals surface area contributed by atoms with E-state index in [1.165, 1.54) is 0 Å². The van der Waals surface area contributed by atoms with E-state index in [0.717, 1.165) is 64.1 Å². The predicted molar refractivity (Wildman–Crippen MR) is 171 cm³/mol. The summed E-state index contributed by atoms with van der Waals surface area (Å²) in [5, 5.41) is 13.5. The molecule has 45 heavy (non-hydrogen) atoms. The molecule has 2 aromatic carbocycles. The van der Waals surface area contributed by atoms with Crippen LogP contribution in [0.4, 0.5) is 0 Å². The van der Waals surface area contributed by atoms with Gasteiger partial charge >= 0.3 is 5.97 Å². The molecule has 8 nitrogen and oxygen atoms in total. The molecule has 6 rings (SSSR count). The molecule has 1 fully saturated rings. The highest BCUT2D eigenvalue weighted by atomic mass is 16.6. The minimum atomic E-state index is -1.02. The topological polar surface area (TPSA) is 104 Å². The Bertz CT molecular complexity index is 1700. The number of allylic oxidation sites excluding steroid dienone is 3. The Hall–Kier alpha value is -3.91. The van der Waals surface area contributed by atoms with Crippen LogP contribution < -0.4 is 24.8 Å². The van der Waals surface area contributed by atoms with E-state index in [-0.39, 0.29) is 24.1 Å². The number of methoxy groups -OCH3 is 1. The summed E-state index contributed by atoms with van der Waals surface area (Å²) >= 11 is 0. The van der Waals surface area contributed by atoms with Gasteiger partial charge in [-0.15, -0.1) is 0 Å². The molecule has 238 valence electrons. The van der Waals surface area contributed by atoms with Crippen molar-refractivity contribution in [3.05, 3.63) is 68.9 Å². The maximum absolute atomic E-state index is 13.3. The Morgan fingerprint density at radius 3 is 2.73 bits per heavy atom. The van der Waals surface area contributed by atoms with Crippen LogP contribution in [0.1, 0.15) is 94.7 Å². The number of carbonyl (C=O) groups is 2. The average Bonchev–Trinajstić information content (AvgIpc) is 3.69. The monoisotopic (exact) mass is 613 g/mol. The van der Waals surface area contributed by atoms with Crippen LogP contribution in [0.5, 0.6) is 17.2 Å². The zero-order valence-electron chi connectivity index (χ0n) is 26.7. The lowest BCUT2D eigenvalue weighted by Gasteiger charge is -2.29. The van der Waals surface area contributed by atoms with Crippen molar-refractivity contribution in [2.45, 2.75) is 96.2 Å². The Labute approximate surface area is 264 Å². The number of Topliss-reactive ketones (excluding diaryl/α,β-unsaturated/α-hetero) is 1. The highest BCUT2D eigenvalue weighted by molar-refractivity contribution is 5.98. The molecule has 0 bridgehead atoms. The molecule has 3 heterocycles. The molecule has 8 heteroatoms. The van der Waals surface area contributed by atoms with Crippen molar-refractivity contribution in [3.63, 3.8) is 0 Å². The molecule has 0 radical (unpaired) electrons. The fourth-order valence-corrected chi connectivity index (χ4v) is 7.04. The highest BCUT2D eigenvalue weighted by Crippen LogP contribution is 2.52. The van der Waals surface area contributed by atoms with Gasteiger partial charge in [-0.25, -0.2) is 4.79 Å². The summed E-state index contributed by atoms with van der Waals surface area (Å²) < 4.78 is 24.0. The van der Waals surface area contributed by atoms with Crippen molar-refractivity contribution in [3.8, 4) is 17.2 Å². The number of fused-ring (bicyclic) bond motifs is 3. The second-order valence-corrected chi connectivity index (χ2v) is 12.7. The maximum atomic E-state index is 13.3. The van der Waals surface area contributed by atoms with Gasteiger partial charge in [0, 0.05) is 30.4 Å². The molecule has 4 aliphatic rings. The Kier molecular flexibility index (Phi) is 8.87. The average molecular weight is 614 g/mol. The van der Waals surface area contributed by atoms with Crippen LogP contribution in [-0.2, 0) is 20.7 Å². The van der Waals surface area contributed by atoms with E-state index < -0.39 is 17.7 Å². The van der Waals surface area contributed by atoms with Gasteiger partial charge < -0.3 is 24.1 Å².